The number of nitrogens with one attached hydrogen (secondary N) is 2. The number of hydrogen-bond acceptors (Lipinski definition) is 5. The highest BCUT2D eigenvalue weighted by atomic mass is 79.9. The van der Waals surface area contributed by atoms with Crippen LogP contribution < -0.4 is 10.1 Å². The van der Waals surface area contributed by atoms with Gasteiger partial charge in [-0.05, 0) is 66.3 Å². The highest BCUT2D eigenvalue weighted by molar-refractivity contribution is 9.10. The van der Waals surface area contributed by atoms with Crippen molar-refractivity contribution in [3.8, 4) is 5.75 Å². The van der Waals surface area contributed by atoms with Crippen molar-refractivity contribution >= 4 is 55.2 Å². The van der Waals surface area contributed by atoms with E-state index >= 15 is 0 Å². The van der Waals surface area contributed by atoms with Crippen molar-refractivity contribution in [3.05, 3.63) is 59.1 Å². The smallest absolute Gasteiger partial charge is 0.260 e. The zero-order valence-electron chi connectivity index (χ0n) is 19.6. The molecule has 3 aromatic carbocycles. The maximum atomic E-state index is 13.0. The summed E-state index contributed by atoms with van der Waals surface area (Å²) < 4.78 is 6.97. The molecule has 2 atom stereocenters. The summed E-state index contributed by atoms with van der Waals surface area (Å²) in [5.74, 6) is 1.68. The summed E-state index contributed by atoms with van der Waals surface area (Å²) >= 11 is 3.58. The summed E-state index contributed by atoms with van der Waals surface area (Å²) in [5, 5.41) is 15.7. The van der Waals surface area contributed by atoms with E-state index in [1.165, 1.54) is 0 Å². The van der Waals surface area contributed by atoms with Crippen LogP contribution in [-0.4, -0.2) is 51.8 Å². The molecule has 9 heteroatoms. The molecule has 2 bridgehead atoms. The lowest BCUT2D eigenvalue weighted by Gasteiger charge is -2.37. The van der Waals surface area contributed by atoms with Crippen molar-refractivity contribution in [3.63, 3.8) is 0 Å². The number of anilines is 1. The molecule has 184 valence electrons. The third-order valence-electron chi connectivity index (χ3n) is 7.58. The van der Waals surface area contributed by atoms with Crippen molar-refractivity contribution in [2.75, 3.05) is 25.0 Å². The molecule has 2 N–H and O–H groups in total. The Balaban J connectivity index is 1.05. The highest BCUT2D eigenvalue weighted by Gasteiger charge is 2.43. The van der Waals surface area contributed by atoms with Crippen molar-refractivity contribution < 1.29 is 14.3 Å². The molecule has 1 aliphatic carbocycles. The van der Waals surface area contributed by atoms with E-state index in [2.05, 4.69) is 36.7 Å². The Morgan fingerprint density at radius 2 is 1.75 bits per heavy atom. The molecule has 1 saturated heterocycles. The molecular weight excluding hydrogens is 522 g/mol. The number of hydrogen-bond donors (Lipinski definition) is 2. The van der Waals surface area contributed by atoms with Crippen LogP contribution in [0.25, 0.3) is 21.8 Å². The number of halogens is 1. The number of likely N-dealkylation sites (tertiary alicyclic amines) is 1. The number of H-pyrrole nitrogens is 1. The standard InChI is InChI=1S/C27H26BrN5O3/c28-22-8-10-25(20-4-2-1-3-19(20)22)36-15-27(35)33-13-16-5-6-17(14-33)21(16)12-26(34)29-18-7-9-23-24(11-18)31-32-30-23/h1-4,7-11,16-17,21H,5-6,12-15H2,(H,29,34)(H,30,31,32). The molecule has 0 radical (unpaired) electrons. The summed E-state index contributed by atoms with van der Waals surface area (Å²) in [6.07, 6.45) is 2.57. The fourth-order valence-corrected chi connectivity index (χ4v) is 6.29. The second kappa shape index (κ2) is 9.54. The van der Waals surface area contributed by atoms with Gasteiger partial charge in [-0.3, -0.25) is 9.59 Å². The fourth-order valence-electron chi connectivity index (χ4n) is 5.81. The van der Waals surface area contributed by atoms with Crippen LogP contribution in [0.5, 0.6) is 5.75 Å². The number of carbonyl (C=O) groups is 2. The second-order valence-corrected chi connectivity index (χ2v) is 10.6. The van der Waals surface area contributed by atoms with E-state index in [4.69, 9.17) is 4.74 Å². The monoisotopic (exact) mass is 547 g/mol. The first kappa shape index (κ1) is 23.0. The zero-order chi connectivity index (χ0) is 24.6. The number of nitrogens with zero attached hydrogens (tertiary/aromatic N) is 3. The van der Waals surface area contributed by atoms with Gasteiger partial charge in [0.2, 0.25) is 5.91 Å². The number of aromatic nitrogens is 3. The third kappa shape index (κ3) is 4.43. The first-order chi connectivity index (χ1) is 17.5. The van der Waals surface area contributed by atoms with E-state index in [-0.39, 0.29) is 18.4 Å². The van der Waals surface area contributed by atoms with E-state index in [9.17, 15) is 9.59 Å². The minimum atomic E-state index is 0.00251. The Labute approximate surface area is 216 Å². The number of aromatic amines is 1. The van der Waals surface area contributed by atoms with Crippen LogP contribution in [0.3, 0.4) is 0 Å². The van der Waals surface area contributed by atoms with Gasteiger partial charge in [-0.1, -0.05) is 40.2 Å². The lowest BCUT2D eigenvalue weighted by molar-refractivity contribution is -0.136. The zero-order valence-corrected chi connectivity index (χ0v) is 21.2. The predicted molar refractivity (Wildman–Crippen MR) is 141 cm³/mol. The van der Waals surface area contributed by atoms with Gasteiger partial charge in [0.15, 0.2) is 6.61 Å². The van der Waals surface area contributed by atoms with Crippen LogP contribution in [0.1, 0.15) is 19.3 Å². The minimum Gasteiger partial charge on any atom is -0.483 e. The van der Waals surface area contributed by atoms with E-state index in [1.807, 2.05) is 59.5 Å². The van der Waals surface area contributed by atoms with E-state index in [0.717, 1.165) is 44.8 Å². The average molecular weight is 548 g/mol. The SMILES string of the molecule is O=C(CC1C2CCC1CN(C(=O)COc1ccc(Br)c3ccccc13)C2)Nc1ccc2n[nH]nc2c1. The Kier molecular flexibility index (Phi) is 6.08. The lowest BCUT2D eigenvalue weighted by atomic mass is 9.82. The van der Waals surface area contributed by atoms with Gasteiger partial charge in [-0.2, -0.15) is 15.4 Å². The van der Waals surface area contributed by atoms with Crippen LogP contribution in [0.2, 0.25) is 0 Å². The molecule has 0 spiro atoms. The second-order valence-electron chi connectivity index (χ2n) is 9.72. The highest BCUT2D eigenvalue weighted by Crippen LogP contribution is 2.44. The summed E-state index contributed by atoms with van der Waals surface area (Å²) in [4.78, 5) is 27.8. The van der Waals surface area contributed by atoms with Gasteiger partial charge in [0, 0.05) is 35.1 Å². The van der Waals surface area contributed by atoms with Gasteiger partial charge >= 0.3 is 0 Å². The van der Waals surface area contributed by atoms with Gasteiger partial charge in [0.05, 0.1) is 0 Å². The molecule has 36 heavy (non-hydrogen) atoms. The van der Waals surface area contributed by atoms with Crippen molar-refractivity contribution in [1.82, 2.24) is 20.3 Å². The topological polar surface area (TPSA) is 100 Å². The summed E-state index contributed by atoms with van der Waals surface area (Å²) in [5.41, 5.74) is 2.21. The predicted octanol–water partition coefficient (Wildman–Crippen LogP) is 4.77. The maximum absolute atomic E-state index is 13.0. The number of piperidine rings is 1. The van der Waals surface area contributed by atoms with E-state index in [1.54, 1.807) is 0 Å². The summed E-state index contributed by atoms with van der Waals surface area (Å²) in [7, 11) is 0. The van der Waals surface area contributed by atoms with Crippen molar-refractivity contribution in [2.45, 2.75) is 19.3 Å². The number of amides is 2. The Bertz CT molecular complexity index is 1440. The Morgan fingerprint density at radius 1 is 1.00 bits per heavy atom. The van der Waals surface area contributed by atoms with Crippen LogP contribution >= 0.6 is 15.9 Å². The molecule has 1 saturated carbocycles. The summed E-state index contributed by atoms with van der Waals surface area (Å²) in [6, 6.07) is 17.3. The first-order valence-corrected chi connectivity index (χ1v) is 13.0. The molecule has 1 aromatic heterocycles. The normalized spacial score (nSPS) is 21.1. The number of benzene rings is 3. The van der Waals surface area contributed by atoms with Crippen LogP contribution in [-0.2, 0) is 9.59 Å². The molecule has 2 amide bonds. The van der Waals surface area contributed by atoms with Gasteiger partial charge in [0.25, 0.3) is 5.91 Å². The largest absolute Gasteiger partial charge is 0.483 e. The maximum Gasteiger partial charge on any atom is 0.260 e. The van der Waals surface area contributed by atoms with Crippen molar-refractivity contribution in [1.29, 1.82) is 0 Å². The minimum absolute atomic E-state index is 0.00251. The Morgan fingerprint density at radius 3 is 2.56 bits per heavy atom. The Hall–Kier alpha value is -3.46. The molecule has 2 heterocycles. The van der Waals surface area contributed by atoms with Crippen LogP contribution in [0.4, 0.5) is 5.69 Å². The summed E-state index contributed by atoms with van der Waals surface area (Å²) in [6.45, 7) is 1.38. The number of carbonyl (C=O) groups excluding carboxylic acids is 2. The average Bonchev–Trinajstić information content (AvgIpc) is 3.43. The van der Waals surface area contributed by atoms with Gasteiger partial charge in [0.1, 0.15) is 16.8 Å². The fraction of sp³-hybridized carbons (Fsp3) is 0.333. The third-order valence-corrected chi connectivity index (χ3v) is 8.28. The number of ether oxygens (including phenoxy) is 1. The number of rotatable bonds is 6. The molecule has 2 fully saturated rings. The molecule has 6 rings (SSSR count). The van der Waals surface area contributed by atoms with Crippen LogP contribution in [0, 0.1) is 17.8 Å². The molecular formula is C27H26BrN5O3. The molecule has 2 aliphatic rings. The van der Waals surface area contributed by atoms with Crippen LogP contribution in [0.15, 0.2) is 59.1 Å². The lowest BCUT2D eigenvalue weighted by Crippen LogP contribution is -2.47. The molecule has 2 unspecified atom stereocenters. The number of fused-ring (bicyclic) bond motifs is 4. The van der Waals surface area contributed by atoms with E-state index < -0.39 is 0 Å². The van der Waals surface area contributed by atoms with E-state index in [0.29, 0.717) is 43.0 Å². The molecule has 1 aliphatic heterocycles. The first-order valence-electron chi connectivity index (χ1n) is 12.2. The molecule has 8 nitrogen and oxygen atoms in total. The van der Waals surface area contributed by atoms with Crippen molar-refractivity contribution in [2.24, 2.45) is 17.8 Å². The quantitative estimate of drug-likeness (QED) is 0.362. The van der Waals surface area contributed by atoms with Gasteiger partial charge < -0.3 is 15.0 Å². The van der Waals surface area contributed by atoms with Gasteiger partial charge in [-0.15, -0.1) is 0 Å². The molecule has 4 aromatic rings. The van der Waals surface area contributed by atoms with Gasteiger partial charge in [-0.25, -0.2) is 0 Å².